The van der Waals surface area contributed by atoms with E-state index in [0.717, 1.165) is 9.87 Å². The first kappa shape index (κ1) is 26.0. The standard InChI is InChI=1S/C26H29FN2O5S/c1-5-34-23-13-11-22(12-14-23)29(35(31,32)25-16-18(2)6-15-24(25)33-4)17-26(30)28-19(3)20-7-9-21(27)10-8-20/h6-16,19H,5,17H2,1-4H3,(H,28,30)/t19-/m1/s1. The van der Waals surface area contributed by atoms with Gasteiger partial charge in [0, 0.05) is 0 Å². The van der Waals surface area contributed by atoms with Crippen LogP contribution < -0.4 is 19.1 Å². The van der Waals surface area contributed by atoms with E-state index in [1.807, 2.05) is 6.92 Å². The van der Waals surface area contributed by atoms with E-state index < -0.39 is 28.5 Å². The Morgan fingerprint density at radius 2 is 1.71 bits per heavy atom. The van der Waals surface area contributed by atoms with Crippen LogP contribution in [0.15, 0.2) is 71.6 Å². The van der Waals surface area contributed by atoms with E-state index in [9.17, 15) is 17.6 Å². The molecule has 9 heteroatoms. The van der Waals surface area contributed by atoms with Crippen LogP contribution in [0.1, 0.15) is 31.0 Å². The molecule has 3 aromatic carbocycles. The summed E-state index contributed by atoms with van der Waals surface area (Å²) in [4.78, 5) is 13.0. The maximum atomic E-state index is 13.8. The highest BCUT2D eigenvalue weighted by molar-refractivity contribution is 7.93. The molecule has 0 saturated carbocycles. The summed E-state index contributed by atoms with van der Waals surface area (Å²) in [6, 6.07) is 16.6. The molecule has 186 valence electrons. The van der Waals surface area contributed by atoms with E-state index in [0.29, 0.717) is 23.6 Å². The van der Waals surface area contributed by atoms with Crippen molar-refractivity contribution in [3.63, 3.8) is 0 Å². The summed E-state index contributed by atoms with van der Waals surface area (Å²) in [6.07, 6.45) is 0. The quantitative estimate of drug-likeness (QED) is 0.439. The number of rotatable bonds is 10. The van der Waals surface area contributed by atoms with Gasteiger partial charge in [0.25, 0.3) is 10.0 Å². The Kier molecular flexibility index (Phi) is 8.34. The fraction of sp³-hybridized carbons (Fsp3) is 0.269. The van der Waals surface area contributed by atoms with Crippen LogP contribution in [0.4, 0.5) is 10.1 Å². The van der Waals surface area contributed by atoms with Crippen molar-refractivity contribution in [2.24, 2.45) is 0 Å². The number of carbonyl (C=O) groups is 1. The highest BCUT2D eigenvalue weighted by Gasteiger charge is 2.30. The molecule has 35 heavy (non-hydrogen) atoms. The number of carbonyl (C=O) groups excluding carboxylic acids is 1. The van der Waals surface area contributed by atoms with Gasteiger partial charge in [-0.2, -0.15) is 0 Å². The van der Waals surface area contributed by atoms with Gasteiger partial charge in [0.1, 0.15) is 28.8 Å². The van der Waals surface area contributed by atoms with Gasteiger partial charge < -0.3 is 14.8 Å². The highest BCUT2D eigenvalue weighted by atomic mass is 32.2. The molecule has 0 aliphatic carbocycles. The van der Waals surface area contributed by atoms with Crippen LogP contribution in [0.3, 0.4) is 0 Å². The summed E-state index contributed by atoms with van der Waals surface area (Å²) in [5.74, 6) is -0.152. The summed E-state index contributed by atoms with van der Waals surface area (Å²) in [6.45, 7) is 5.35. The van der Waals surface area contributed by atoms with Crippen LogP contribution in [0.2, 0.25) is 0 Å². The Balaban J connectivity index is 1.96. The zero-order chi connectivity index (χ0) is 25.6. The molecule has 0 aromatic heterocycles. The van der Waals surface area contributed by atoms with Crippen molar-refractivity contribution in [2.45, 2.75) is 31.7 Å². The van der Waals surface area contributed by atoms with E-state index in [1.54, 1.807) is 62.4 Å². The lowest BCUT2D eigenvalue weighted by Crippen LogP contribution is -2.41. The topological polar surface area (TPSA) is 84.9 Å². The average molecular weight is 501 g/mol. The van der Waals surface area contributed by atoms with Crippen LogP contribution in [-0.2, 0) is 14.8 Å². The van der Waals surface area contributed by atoms with Gasteiger partial charge in [-0.25, -0.2) is 12.8 Å². The van der Waals surface area contributed by atoms with Gasteiger partial charge in [-0.3, -0.25) is 9.10 Å². The van der Waals surface area contributed by atoms with Crippen molar-refractivity contribution >= 4 is 21.6 Å². The van der Waals surface area contributed by atoms with Gasteiger partial charge in [0.2, 0.25) is 5.91 Å². The first-order valence-electron chi connectivity index (χ1n) is 11.1. The fourth-order valence-electron chi connectivity index (χ4n) is 3.55. The first-order chi connectivity index (χ1) is 16.6. The van der Waals surface area contributed by atoms with Gasteiger partial charge in [-0.15, -0.1) is 0 Å². The minimum absolute atomic E-state index is 0.0479. The number of nitrogens with zero attached hydrogens (tertiary/aromatic N) is 1. The number of benzene rings is 3. The lowest BCUT2D eigenvalue weighted by Gasteiger charge is -2.26. The van der Waals surface area contributed by atoms with Crippen molar-refractivity contribution in [1.82, 2.24) is 5.32 Å². The molecule has 0 fully saturated rings. The predicted molar refractivity (Wildman–Crippen MR) is 133 cm³/mol. The van der Waals surface area contributed by atoms with E-state index >= 15 is 0 Å². The zero-order valence-corrected chi connectivity index (χ0v) is 20.9. The molecule has 3 aromatic rings. The van der Waals surface area contributed by atoms with Gasteiger partial charge in [-0.05, 0) is 80.4 Å². The number of sulfonamides is 1. The smallest absolute Gasteiger partial charge is 0.268 e. The van der Waals surface area contributed by atoms with Crippen LogP contribution in [0.5, 0.6) is 11.5 Å². The molecular weight excluding hydrogens is 471 g/mol. The Labute approximate surface area is 205 Å². The third-order valence-corrected chi connectivity index (χ3v) is 7.15. The van der Waals surface area contributed by atoms with E-state index in [1.165, 1.54) is 25.3 Å². The zero-order valence-electron chi connectivity index (χ0n) is 20.1. The van der Waals surface area contributed by atoms with Crippen molar-refractivity contribution < 1.29 is 27.1 Å². The lowest BCUT2D eigenvalue weighted by molar-refractivity contribution is -0.120. The molecule has 1 atom stereocenters. The number of hydrogen-bond donors (Lipinski definition) is 1. The van der Waals surface area contributed by atoms with Crippen LogP contribution in [0.25, 0.3) is 0 Å². The first-order valence-corrected chi connectivity index (χ1v) is 12.5. The average Bonchev–Trinajstić information content (AvgIpc) is 2.83. The van der Waals surface area contributed by atoms with E-state index in [2.05, 4.69) is 5.32 Å². The molecule has 0 radical (unpaired) electrons. The number of ether oxygens (including phenoxy) is 2. The van der Waals surface area contributed by atoms with Crippen LogP contribution >= 0.6 is 0 Å². The molecule has 0 aliphatic heterocycles. The Bertz CT molecular complexity index is 1260. The van der Waals surface area contributed by atoms with Crippen molar-refractivity contribution in [3.8, 4) is 11.5 Å². The summed E-state index contributed by atoms with van der Waals surface area (Å²) in [5, 5.41) is 2.79. The minimum atomic E-state index is -4.19. The molecule has 0 saturated heterocycles. The maximum absolute atomic E-state index is 13.8. The molecule has 0 bridgehead atoms. The van der Waals surface area contributed by atoms with Crippen LogP contribution in [-0.4, -0.2) is 34.6 Å². The predicted octanol–water partition coefficient (Wildman–Crippen LogP) is 4.61. The van der Waals surface area contributed by atoms with Crippen LogP contribution in [0, 0.1) is 12.7 Å². The molecule has 1 amide bonds. The summed E-state index contributed by atoms with van der Waals surface area (Å²) >= 11 is 0. The molecule has 1 N–H and O–H groups in total. The molecule has 0 aliphatic rings. The molecule has 0 unspecified atom stereocenters. The van der Waals surface area contributed by atoms with Crippen molar-refractivity contribution in [1.29, 1.82) is 0 Å². The maximum Gasteiger partial charge on any atom is 0.268 e. The normalized spacial score (nSPS) is 12.0. The van der Waals surface area contributed by atoms with Crippen molar-refractivity contribution in [3.05, 3.63) is 83.7 Å². The SMILES string of the molecule is CCOc1ccc(N(CC(=O)N[C@H](C)c2ccc(F)cc2)S(=O)(=O)c2cc(C)ccc2OC)cc1. The summed E-state index contributed by atoms with van der Waals surface area (Å²) in [7, 11) is -2.80. The Morgan fingerprint density at radius 1 is 1.06 bits per heavy atom. The second-order valence-electron chi connectivity index (χ2n) is 7.93. The Hall–Kier alpha value is -3.59. The van der Waals surface area contributed by atoms with Gasteiger partial charge in [0.05, 0.1) is 25.4 Å². The van der Waals surface area contributed by atoms with E-state index in [-0.39, 0.29) is 16.5 Å². The Morgan fingerprint density at radius 3 is 2.31 bits per heavy atom. The van der Waals surface area contributed by atoms with Crippen molar-refractivity contribution in [2.75, 3.05) is 24.6 Å². The molecule has 3 rings (SSSR count). The summed E-state index contributed by atoms with van der Waals surface area (Å²) in [5.41, 5.74) is 1.71. The third-order valence-electron chi connectivity index (χ3n) is 5.36. The molecule has 0 heterocycles. The number of methoxy groups -OCH3 is 1. The number of amides is 1. The number of halogens is 1. The third kappa shape index (κ3) is 6.30. The van der Waals surface area contributed by atoms with E-state index in [4.69, 9.17) is 9.47 Å². The largest absolute Gasteiger partial charge is 0.495 e. The number of anilines is 1. The number of aryl methyl sites for hydroxylation is 1. The van der Waals surface area contributed by atoms with Gasteiger partial charge >= 0.3 is 0 Å². The van der Waals surface area contributed by atoms with Gasteiger partial charge in [0.15, 0.2) is 0 Å². The monoisotopic (exact) mass is 500 g/mol. The molecular formula is C26H29FN2O5S. The number of hydrogen-bond acceptors (Lipinski definition) is 5. The number of nitrogens with one attached hydrogen (secondary N) is 1. The minimum Gasteiger partial charge on any atom is -0.495 e. The molecule has 7 nitrogen and oxygen atoms in total. The summed E-state index contributed by atoms with van der Waals surface area (Å²) < 4.78 is 52.6. The van der Waals surface area contributed by atoms with Gasteiger partial charge in [-0.1, -0.05) is 18.2 Å². The highest BCUT2D eigenvalue weighted by Crippen LogP contribution is 2.31. The lowest BCUT2D eigenvalue weighted by atomic mass is 10.1. The molecule has 0 spiro atoms. The fourth-order valence-corrected chi connectivity index (χ4v) is 5.21. The second kappa shape index (κ2) is 11.2. The second-order valence-corrected chi connectivity index (χ2v) is 9.76.